The van der Waals surface area contributed by atoms with Crippen molar-refractivity contribution in [2.75, 3.05) is 20.8 Å². The monoisotopic (exact) mass is 366 g/mol. The van der Waals surface area contributed by atoms with Gasteiger partial charge in [0.15, 0.2) is 11.5 Å². The highest BCUT2D eigenvalue weighted by Crippen LogP contribution is 2.27. The Morgan fingerprint density at radius 3 is 2.56 bits per heavy atom. The number of nitrogens with one attached hydrogen (secondary N) is 2. The highest BCUT2D eigenvalue weighted by molar-refractivity contribution is 5.94. The van der Waals surface area contributed by atoms with Crippen LogP contribution in [0.3, 0.4) is 0 Å². The Morgan fingerprint density at radius 1 is 1.04 bits per heavy atom. The van der Waals surface area contributed by atoms with Crippen LogP contribution in [0.1, 0.15) is 21.5 Å². The molecule has 0 fully saturated rings. The molecule has 27 heavy (non-hydrogen) atoms. The standard InChI is InChI=1S/C21H22N2O4/c1-13-4-5-14-11-16(21(25)23-17(14)10-13)8-9-22-20(24)15-6-7-18(26-2)19(12-15)27-3/h4-7,10-12H,8-9H2,1-3H3,(H,22,24)(H,23,25). The van der Waals surface area contributed by atoms with Gasteiger partial charge in [0.25, 0.3) is 11.5 Å². The highest BCUT2D eigenvalue weighted by atomic mass is 16.5. The van der Waals surface area contributed by atoms with Crippen molar-refractivity contribution in [1.29, 1.82) is 0 Å². The molecule has 0 unspecified atom stereocenters. The lowest BCUT2D eigenvalue weighted by molar-refractivity contribution is 0.0953. The molecule has 6 heteroatoms. The summed E-state index contributed by atoms with van der Waals surface area (Å²) in [6, 6.07) is 12.8. The van der Waals surface area contributed by atoms with Crippen molar-refractivity contribution in [1.82, 2.24) is 10.3 Å². The van der Waals surface area contributed by atoms with Crippen molar-refractivity contribution in [3.05, 3.63) is 69.5 Å². The van der Waals surface area contributed by atoms with Crippen molar-refractivity contribution in [2.24, 2.45) is 0 Å². The molecule has 2 aromatic carbocycles. The average molecular weight is 366 g/mol. The maximum atomic E-state index is 12.3. The fraction of sp³-hybridized carbons (Fsp3) is 0.238. The molecule has 0 saturated heterocycles. The summed E-state index contributed by atoms with van der Waals surface area (Å²) in [6.45, 7) is 2.34. The lowest BCUT2D eigenvalue weighted by Gasteiger charge is -2.10. The molecular weight excluding hydrogens is 344 g/mol. The molecule has 3 rings (SSSR count). The van der Waals surface area contributed by atoms with E-state index >= 15 is 0 Å². The zero-order chi connectivity index (χ0) is 19.4. The summed E-state index contributed by atoms with van der Waals surface area (Å²) in [7, 11) is 3.06. The van der Waals surface area contributed by atoms with Gasteiger partial charge in [-0.15, -0.1) is 0 Å². The summed E-state index contributed by atoms with van der Waals surface area (Å²) in [6.07, 6.45) is 0.443. The second-order valence-corrected chi connectivity index (χ2v) is 6.29. The van der Waals surface area contributed by atoms with Gasteiger partial charge in [0, 0.05) is 23.2 Å². The van der Waals surface area contributed by atoms with Crippen molar-refractivity contribution in [3.63, 3.8) is 0 Å². The van der Waals surface area contributed by atoms with Gasteiger partial charge in [-0.2, -0.15) is 0 Å². The number of aromatic nitrogens is 1. The van der Waals surface area contributed by atoms with Gasteiger partial charge < -0.3 is 19.8 Å². The number of ether oxygens (including phenoxy) is 2. The average Bonchev–Trinajstić information content (AvgIpc) is 2.67. The van der Waals surface area contributed by atoms with E-state index in [0.29, 0.717) is 35.6 Å². The summed E-state index contributed by atoms with van der Waals surface area (Å²) >= 11 is 0. The van der Waals surface area contributed by atoms with E-state index in [4.69, 9.17) is 9.47 Å². The summed E-state index contributed by atoms with van der Waals surface area (Å²) in [5.74, 6) is 0.821. The second kappa shape index (κ2) is 7.95. The Hall–Kier alpha value is -3.28. The topological polar surface area (TPSA) is 80.4 Å². The maximum absolute atomic E-state index is 12.3. The quantitative estimate of drug-likeness (QED) is 0.703. The molecule has 6 nitrogen and oxygen atoms in total. The van der Waals surface area contributed by atoms with Crippen LogP contribution in [-0.4, -0.2) is 31.7 Å². The first-order chi connectivity index (χ1) is 13.0. The minimum absolute atomic E-state index is 0.131. The maximum Gasteiger partial charge on any atom is 0.251 e. The second-order valence-electron chi connectivity index (χ2n) is 6.29. The Morgan fingerprint density at radius 2 is 1.81 bits per heavy atom. The van der Waals surface area contributed by atoms with Gasteiger partial charge in [0.05, 0.1) is 14.2 Å². The molecule has 0 saturated carbocycles. The number of pyridine rings is 1. The van der Waals surface area contributed by atoms with E-state index in [1.54, 1.807) is 25.3 Å². The number of aromatic amines is 1. The molecular formula is C21H22N2O4. The zero-order valence-electron chi connectivity index (χ0n) is 15.6. The van der Waals surface area contributed by atoms with Crippen LogP contribution in [0.2, 0.25) is 0 Å². The first-order valence-corrected chi connectivity index (χ1v) is 8.64. The van der Waals surface area contributed by atoms with Crippen LogP contribution >= 0.6 is 0 Å². The van der Waals surface area contributed by atoms with E-state index in [9.17, 15) is 9.59 Å². The lowest BCUT2D eigenvalue weighted by Crippen LogP contribution is -2.27. The summed E-state index contributed by atoms with van der Waals surface area (Å²) < 4.78 is 10.4. The van der Waals surface area contributed by atoms with Gasteiger partial charge in [0.2, 0.25) is 0 Å². The minimum atomic E-state index is -0.233. The van der Waals surface area contributed by atoms with Crippen molar-refractivity contribution < 1.29 is 14.3 Å². The van der Waals surface area contributed by atoms with E-state index in [-0.39, 0.29) is 11.5 Å². The normalized spacial score (nSPS) is 10.6. The van der Waals surface area contributed by atoms with E-state index in [2.05, 4.69) is 10.3 Å². The number of methoxy groups -OCH3 is 2. The number of aryl methyl sites for hydroxylation is 1. The van der Waals surface area contributed by atoms with Crippen LogP contribution < -0.4 is 20.3 Å². The zero-order valence-corrected chi connectivity index (χ0v) is 15.6. The van der Waals surface area contributed by atoms with Crippen molar-refractivity contribution in [3.8, 4) is 11.5 Å². The number of carbonyl (C=O) groups is 1. The number of hydrogen-bond acceptors (Lipinski definition) is 4. The number of fused-ring (bicyclic) bond motifs is 1. The molecule has 0 bridgehead atoms. The molecule has 140 valence electrons. The van der Waals surface area contributed by atoms with Gasteiger partial charge in [-0.3, -0.25) is 9.59 Å². The van der Waals surface area contributed by atoms with Crippen molar-refractivity contribution in [2.45, 2.75) is 13.3 Å². The van der Waals surface area contributed by atoms with Crippen LogP contribution in [-0.2, 0) is 6.42 Å². The third-order valence-corrected chi connectivity index (χ3v) is 4.40. The number of benzene rings is 2. The van der Waals surface area contributed by atoms with Crippen LogP contribution in [0, 0.1) is 6.92 Å². The van der Waals surface area contributed by atoms with E-state index in [0.717, 1.165) is 16.5 Å². The molecule has 2 N–H and O–H groups in total. The fourth-order valence-electron chi connectivity index (χ4n) is 2.94. The van der Waals surface area contributed by atoms with Gasteiger partial charge in [-0.1, -0.05) is 12.1 Å². The lowest BCUT2D eigenvalue weighted by atomic mass is 10.1. The van der Waals surface area contributed by atoms with Crippen LogP contribution in [0.5, 0.6) is 11.5 Å². The first-order valence-electron chi connectivity index (χ1n) is 8.64. The molecule has 0 aliphatic carbocycles. The predicted molar refractivity (Wildman–Crippen MR) is 105 cm³/mol. The molecule has 0 aliphatic heterocycles. The Balaban J connectivity index is 1.68. The van der Waals surface area contributed by atoms with Crippen LogP contribution in [0.4, 0.5) is 0 Å². The third kappa shape index (κ3) is 4.11. The largest absolute Gasteiger partial charge is 0.493 e. The predicted octanol–water partition coefficient (Wildman–Crippen LogP) is 2.83. The van der Waals surface area contributed by atoms with Gasteiger partial charge in [-0.05, 0) is 54.6 Å². The van der Waals surface area contributed by atoms with Crippen molar-refractivity contribution >= 4 is 16.8 Å². The summed E-state index contributed by atoms with van der Waals surface area (Å²) in [5.41, 5.74) is 2.88. The number of rotatable bonds is 6. The smallest absolute Gasteiger partial charge is 0.251 e. The Kier molecular flexibility index (Phi) is 5.45. The summed E-state index contributed by atoms with van der Waals surface area (Å²) in [4.78, 5) is 27.5. The van der Waals surface area contributed by atoms with Crippen LogP contribution in [0.15, 0.2) is 47.3 Å². The number of H-pyrrole nitrogens is 1. The van der Waals surface area contributed by atoms with E-state index < -0.39 is 0 Å². The van der Waals surface area contributed by atoms with Gasteiger partial charge in [-0.25, -0.2) is 0 Å². The molecule has 1 amide bonds. The molecule has 0 atom stereocenters. The Bertz CT molecular complexity index is 1040. The molecule has 3 aromatic rings. The fourth-order valence-corrected chi connectivity index (χ4v) is 2.94. The van der Waals surface area contributed by atoms with E-state index in [1.165, 1.54) is 7.11 Å². The molecule has 0 radical (unpaired) electrons. The number of amides is 1. The molecule has 1 heterocycles. The van der Waals surface area contributed by atoms with Crippen LogP contribution in [0.25, 0.3) is 10.9 Å². The molecule has 0 aliphatic rings. The molecule has 0 spiro atoms. The van der Waals surface area contributed by atoms with Gasteiger partial charge in [0.1, 0.15) is 0 Å². The first kappa shape index (κ1) is 18.5. The van der Waals surface area contributed by atoms with Gasteiger partial charge >= 0.3 is 0 Å². The number of carbonyl (C=O) groups excluding carboxylic acids is 1. The SMILES string of the molecule is COc1ccc(C(=O)NCCc2cc3ccc(C)cc3[nH]c2=O)cc1OC. The minimum Gasteiger partial charge on any atom is -0.493 e. The Labute approximate surface area is 157 Å². The summed E-state index contributed by atoms with van der Waals surface area (Å²) in [5, 5.41) is 3.81. The molecule has 1 aromatic heterocycles. The number of hydrogen-bond donors (Lipinski definition) is 2. The highest BCUT2D eigenvalue weighted by Gasteiger charge is 2.11. The third-order valence-electron chi connectivity index (χ3n) is 4.40. The van der Waals surface area contributed by atoms with E-state index in [1.807, 2.05) is 31.2 Å².